The number of hydrogen-bond donors (Lipinski definition) is 0. The molecule has 0 saturated carbocycles. The topological polar surface area (TPSA) is 38.1 Å². The third-order valence-electron chi connectivity index (χ3n) is 6.22. The van der Waals surface area contributed by atoms with Crippen LogP contribution in [0.2, 0.25) is 5.02 Å². The molecular formula is C24H24ClN3O. The van der Waals surface area contributed by atoms with Crippen LogP contribution in [-0.4, -0.2) is 15.7 Å². The molecule has 1 unspecified atom stereocenters. The summed E-state index contributed by atoms with van der Waals surface area (Å²) in [5.74, 6) is 0.150. The van der Waals surface area contributed by atoms with Crippen molar-refractivity contribution in [1.29, 1.82) is 0 Å². The first-order valence-electron chi connectivity index (χ1n) is 10.2. The first kappa shape index (κ1) is 18.4. The van der Waals surface area contributed by atoms with Gasteiger partial charge < -0.3 is 0 Å². The minimum Gasteiger partial charge on any atom is -0.277 e. The van der Waals surface area contributed by atoms with Crippen LogP contribution in [0.1, 0.15) is 35.6 Å². The Morgan fingerprint density at radius 2 is 1.83 bits per heavy atom. The van der Waals surface area contributed by atoms with Gasteiger partial charge in [0.05, 0.1) is 23.0 Å². The van der Waals surface area contributed by atoms with E-state index in [1.165, 1.54) is 22.3 Å². The molecule has 4 nitrogen and oxygen atoms in total. The molecule has 1 aliphatic carbocycles. The number of hydrogen-bond acceptors (Lipinski definition) is 2. The van der Waals surface area contributed by atoms with E-state index in [4.69, 9.17) is 11.6 Å². The van der Waals surface area contributed by atoms with Gasteiger partial charge in [0.25, 0.3) is 0 Å². The second-order valence-corrected chi connectivity index (χ2v) is 8.89. The molecule has 2 aromatic carbocycles. The Hall–Kier alpha value is -2.59. The van der Waals surface area contributed by atoms with Crippen LogP contribution in [-0.2, 0) is 30.6 Å². The summed E-state index contributed by atoms with van der Waals surface area (Å²) in [6.07, 6.45) is 7.07. The fraction of sp³-hybridized carbons (Fsp3) is 0.333. The van der Waals surface area contributed by atoms with Gasteiger partial charge in [-0.15, -0.1) is 0 Å². The van der Waals surface area contributed by atoms with Crippen LogP contribution in [0.25, 0.3) is 0 Å². The van der Waals surface area contributed by atoms with Crippen molar-refractivity contribution in [2.24, 2.45) is 5.41 Å². The zero-order valence-corrected chi connectivity index (χ0v) is 17.5. The maximum absolute atomic E-state index is 14.0. The summed E-state index contributed by atoms with van der Waals surface area (Å²) < 4.78 is 1.90. The van der Waals surface area contributed by atoms with Crippen LogP contribution >= 0.6 is 11.6 Å². The molecule has 0 radical (unpaired) electrons. The number of nitrogens with zero attached hydrogens (tertiary/aromatic N) is 3. The molecule has 3 aromatic rings. The van der Waals surface area contributed by atoms with Gasteiger partial charge in [0.15, 0.2) is 0 Å². The van der Waals surface area contributed by atoms with E-state index in [1.54, 1.807) is 6.20 Å². The van der Waals surface area contributed by atoms with Crippen LogP contribution in [0.3, 0.4) is 0 Å². The van der Waals surface area contributed by atoms with Gasteiger partial charge in [0.1, 0.15) is 0 Å². The normalized spacial score (nSPS) is 20.2. The fourth-order valence-electron chi connectivity index (χ4n) is 4.92. The Labute approximate surface area is 176 Å². The van der Waals surface area contributed by atoms with E-state index in [0.29, 0.717) is 5.02 Å². The lowest BCUT2D eigenvalue weighted by Crippen LogP contribution is -2.47. The average molecular weight is 406 g/mol. The van der Waals surface area contributed by atoms with Gasteiger partial charge in [0, 0.05) is 17.8 Å². The quantitative estimate of drug-likeness (QED) is 0.596. The summed E-state index contributed by atoms with van der Waals surface area (Å²) in [4.78, 5) is 15.8. The molecule has 5 rings (SSSR count). The maximum Gasteiger partial charge on any atom is 0.238 e. The van der Waals surface area contributed by atoms with Crippen molar-refractivity contribution in [2.45, 2.75) is 46.1 Å². The zero-order valence-electron chi connectivity index (χ0n) is 16.8. The number of amides is 1. The largest absolute Gasteiger partial charge is 0.277 e. The van der Waals surface area contributed by atoms with Gasteiger partial charge in [-0.1, -0.05) is 48.4 Å². The third kappa shape index (κ3) is 2.98. The molecule has 5 heteroatoms. The van der Waals surface area contributed by atoms with Gasteiger partial charge in [-0.25, -0.2) is 0 Å². The minimum absolute atomic E-state index is 0.150. The molecule has 2 aliphatic rings. The number of anilines is 2. The highest BCUT2D eigenvalue weighted by molar-refractivity contribution is 6.31. The van der Waals surface area contributed by atoms with Crippen molar-refractivity contribution in [3.63, 3.8) is 0 Å². The number of fused-ring (bicyclic) bond motifs is 2. The number of carbonyl (C=O) groups is 1. The van der Waals surface area contributed by atoms with Gasteiger partial charge in [-0.2, -0.15) is 5.10 Å². The molecule has 1 aromatic heterocycles. The second kappa shape index (κ2) is 6.74. The highest BCUT2D eigenvalue weighted by Gasteiger charge is 2.50. The van der Waals surface area contributed by atoms with Gasteiger partial charge in [-0.3, -0.25) is 14.4 Å². The molecule has 2 heterocycles. The van der Waals surface area contributed by atoms with E-state index in [-0.39, 0.29) is 5.91 Å². The van der Waals surface area contributed by atoms with Crippen molar-refractivity contribution in [3.8, 4) is 0 Å². The Balaban J connectivity index is 1.62. The molecule has 0 fully saturated rings. The molecule has 1 aliphatic heterocycles. The van der Waals surface area contributed by atoms with Crippen LogP contribution in [0, 0.1) is 12.3 Å². The van der Waals surface area contributed by atoms with Crippen LogP contribution in [0.4, 0.5) is 11.4 Å². The first-order valence-corrected chi connectivity index (χ1v) is 10.6. The number of benzene rings is 2. The molecule has 148 valence electrons. The lowest BCUT2D eigenvalue weighted by Gasteiger charge is -2.40. The molecule has 0 bridgehead atoms. The summed E-state index contributed by atoms with van der Waals surface area (Å²) in [7, 11) is 0. The predicted molar refractivity (Wildman–Crippen MR) is 116 cm³/mol. The monoisotopic (exact) mass is 405 g/mol. The molecule has 1 spiro atoms. The summed E-state index contributed by atoms with van der Waals surface area (Å²) in [5.41, 5.74) is 6.27. The SMILES string of the molecule is CCCn1cc(N2C(=O)C3(Cc4ccc(C)cc4C3)Cc3ccc(Cl)cc32)cn1. The summed E-state index contributed by atoms with van der Waals surface area (Å²) in [6, 6.07) is 12.5. The lowest BCUT2D eigenvalue weighted by molar-refractivity contribution is -0.127. The lowest BCUT2D eigenvalue weighted by atomic mass is 9.74. The minimum atomic E-state index is -0.441. The number of carbonyl (C=O) groups excluding carboxylic acids is 1. The van der Waals surface area contributed by atoms with Crippen LogP contribution in [0.5, 0.6) is 0 Å². The Morgan fingerprint density at radius 1 is 1.07 bits per heavy atom. The van der Waals surface area contributed by atoms with Crippen molar-refractivity contribution >= 4 is 28.9 Å². The van der Waals surface area contributed by atoms with E-state index in [1.807, 2.05) is 27.9 Å². The van der Waals surface area contributed by atoms with Gasteiger partial charge in [-0.05, 0) is 61.4 Å². The fourth-order valence-corrected chi connectivity index (χ4v) is 5.08. The molecular weight excluding hydrogens is 382 g/mol. The van der Waals surface area contributed by atoms with E-state index < -0.39 is 5.41 Å². The Bertz CT molecular complexity index is 1120. The summed E-state index contributed by atoms with van der Waals surface area (Å²) in [6.45, 7) is 5.06. The molecule has 1 atom stereocenters. The highest BCUT2D eigenvalue weighted by Crippen LogP contribution is 2.49. The van der Waals surface area contributed by atoms with Gasteiger partial charge >= 0.3 is 0 Å². The smallest absolute Gasteiger partial charge is 0.238 e. The number of aryl methyl sites for hydroxylation is 2. The average Bonchev–Trinajstić information content (AvgIpc) is 3.28. The van der Waals surface area contributed by atoms with E-state index in [0.717, 1.165) is 43.6 Å². The molecule has 0 saturated heterocycles. The van der Waals surface area contributed by atoms with Crippen molar-refractivity contribution in [3.05, 3.63) is 76.1 Å². The van der Waals surface area contributed by atoms with E-state index >= 15 is 0 Å². The third-order valence-corrected chi connectivity index (χ3v) is 6.46. The van der Waals surface area contributed by atoms with Crippen molar-refractivity contribution < 1.29 is 4.79 Å². The van der Waals surface area contributed by atoms with Gasteiger partial charge in [0.2, 0.25) is 5.91 Å². The molecule has 29 heavy (non-hydrogen) atoms. The van der Waals surface area contributed by atoms with Crippen LogP contribution < -0.4 is 4.90 Å². The van der Waals surface area contributed by atoms with E-state index in [2.05, 4.69) is 43.2 Å². The zero-order chi connectivity index (χ0) is 20.2. The van der Waals surface area contributed by atoms with Crippen molar-refractivity contribution in [2.75, 3.05) is 4.90 Å². The van der Waals surface area contributed by atoms with Crippen molar-refractivity contribution in [1.82, 2.24) is 9.78 Å². The summed E-state index contributed by atoms with van der Waals surface area (Å²) in [5, 5.41) is 5.11. The maximum atomic E-state index is 14.0. The second-order valence-electron chi connectivity index (χ2n) is 8.46. The highest BCUT2D eigenvalue weighted by atomic mass is 35.5. The molecule has 0 N–H and O–H groups in total. The number of aromatic nitrogens is 2. The summed E-state index contributed by atoms with van der Waals surface area (Å²) >= 11 is 6.31. The number of rotatable bonds is 3. The Kier molecular flexibility index (Phi) is 4.28. The Morgan fingerprint density at radius 3 is 2.66 bits per heavy atom. The standard InChI is InChI=1S/C24H24ClN3O/c1-3-8-27-15-21(14-26-27)28-22-10-20(25)7-6-18(22)12-24(23(28)29)11-17-5-4-16(2)9-19(17)13-24/h4-7,9-10,14-15H,3,8,11-13H2,1-2H3. The predicted octanol–water partition coefficient (Wildman–Crippen LogP) is 5.26. The molecule has 1 amide bonds. The number of halogens is 1. The van der Waals surface area contributed by atoms with E-state index in [9.17, 15) is 4.79 Å². The first-order chi connectivity index (χ1) is 14.0. The van der Waals surface area contributed by atoms with Crippen LogP contribution in [0.15, 0.2) is 48.8 Å².